The number of unbranched alkanes of at least 4 members (excludes halogenated alkanes) is 1. The summed E-state index contributed by atoms with van der Waals surface area (Å²) < 4.78 is 5.68. The minimum absolute atomic E-state index is 0.637. The number of hydrogen-bond donors (Lipinski definition) is 1. The summed E-state index contributed by atoms with van der Waals surface area (Å²) in [6.07, 6.45) is 7.83. The second kappa shape index (κ2) is 7.68. The van der Waals surface area contributed by atoms with E-state index < -0.39 is 0 Å². The van der Waals surface area contributed by atoms with Gasteiger partial charge in [0.05, 0.1) is 6.61 Å². The Morgan fingerprint density at radius 2 is 1.85 bits per heavy atom. The molecule has 1 fully saturated rings. The van der Waals surface area contributed by atoms with Crippen LogP contribution in [0.4, 0.5) is 0 Å². The van der Waals surface area contributed by atoms with Gasteiger partial charge >= 0.3 is 0 Å². The predicted molar refractivity (Wildman–Crippen MR) is 85.1 cm³/mol. The van der Waals surface area contributed by atoms with Crippen molar-refractivity contribution >= 4 is 0 Å². The molecule has 2 nitrogen and oxygen atoms in total. The van der Waals surface area contributed by atoms with E-state index in [1.165, 1.54) is 44.2 Å². The van der Waals surface area contributed by atoms with E-state index in [4.69, 9.17) is 4.74 Å². The maximum Gasteiger partial charge on any atom is 0.119 e. The van der Waals surface area contributed by atoms with Crippen molar-refractivity contribution in [1.29, 1.82) is 0 Å². The lowest BCUT2D eigenvalue weighted by molar-refractivity contribution is 0.309. The Bertz CT molecular complexity index is 381. The average molecular weight is 275 g/mol. The van der Waals surface area contributed by atoms with E-state index in [0.717, 1.165) is 25.3 Å². The van der Waals surface area contributed by atoms with Gasteiger partial charge in [-0.05, 0) is 48.8 Å². The normalized spacial score (nSPS) is 16.1. The van der Waals surface area contributed by atoms with E-state index in [2.05, 4.69) is 43.4 Å². The molecule has 1 N–H and O–H groups in total. The summed E-state index contributed by atoms with van der Waals surface area (Å²) in [7, 11) is 0. The maximum atomic E-state index is 5.68. The molecule has 0 aromatic heterocycles. The Balaban J connectivity index is 1.68. The standard InChI is InChI=1S/C18H29NO/c1-3-5-13-20-17-8-6-16(7-9-17)14-19-15-18(10-4-2)11-12-18/h6-9,19H,3-5,10-15H2,1-2H3. The molecule has 0 atom stereocenters. The van der Waals surface area contributed by atoms with Crippen LogP contribution in [0.1, 0.15) is 57.9 Å². The molecule has 0 saturated heterocycles. The molecule has 1 aliphatic rings. The fraction of sp³-hybridized carbons (Fsp3) is 0.667. The highest BCUT2D eigenvalue weighted by Crippen LogP contribution is 2.48. The molecule has 0 heterocycles. The van der Waals surface area contributed by atoms with E-state index >= 15 is 0 Å². The van der Waals surface area contributed by atoms with Crippen LogP contribution in [0.3, 0.4) is 0 Å². The van der Waals surface area contributed by atoms with Gasteiger partial charge in [-0.15, -0.1) is 0 Å². The van der Waals surface area contributed by atoms with Crippen LogP contribution in [0.5, 0.6) is 5.75 Å². The fourth-order valence-electron chi connectivity index (χ4n) is 2.73. The first-order chi connectivity index (χ1) is 9.78. The highest BCUT2D eigenvalue weighted by atomic mass is 16.5. The third kappa shape index (κ3) is 4.82. The summed E-state index contributed by atoms with van der Waals surface area (Å²) in [5.74, 6) is 0.992. The van der Waals surface area contributed by atoms with E-state index in [1.54, 1.807) is 0 Å². The van der Waals surface area contributed by atoms with E-state index in [9.17, 15) is 0 Å². The fourth-order valence-corrected chi connectivity index (χ4v) is 2.73. The van der Waals surface area contributed by atoms with Gasteiger partial charge in [-0.25, -0.2) is 0 Å². The number of hydrogen-bond acceptors (Lipinski definition) is 2. The van der Waals surface area contributed by atoms with Gasteiger partial charge in [0.1, 0.15) is 5.75 Å². The molecule has 1 aliphatic carbocycles. The molecule has 112 valence electrons. The van der Waals surface area contributed by atoms with Crippen LogP contribution in [0.25, 0.3) is 0 Å². The molecule has 0 aliphatic heterocycles. The summed E-state index contributed by atoms with van der Waals surface area (Å²) in [5.41, 5.74) is 1.98. The molecule has 1 aromatic carbocycles. The molecule has 0 unspecified atom stereocenters. The summed E-state index contributed by atoms with van der Waals surface area (Å²) in [6.45, 7) is 7.45. The third-order valence-corrected chi connectivity index (χ3v) is 4.26. The minimum atomic E-state index is 0.637. The lowest BCUT2D eigenvalue weighted by Crippen LogP contribution is -2.23. The number of benzene rings is 1. The molecule has 20 heavy (non-hydrogen) atoms. The van der Waals surface area contributed by atoms with Gasteiger partial charge in [-0.2, -0.15) is 0 Å². The molecular formula is C18H29NO. The van der Waals surface area contributed by atoms with Crippen molar-refractivity contribution in [2.45, 2.75) is 58.9 Å². The summed E-state index contributed by atoms with van der Waals surface area (Å²) in [4.78, 5) is 0. The molecule has 0 spiro atoms. The van der Waals surface area contributed by atoms with E-state index in [-0.39, 0.29) is 0 Å². The Morgan fingerprint density at radius 3 is 2.45 bits per heavy atom. The molecule has 1 aromatic rings. The number of ether oxygens (including phenoxy) is 1. The summed E-state index contributed by atoms with van der Waals surface area (Å²) in [6, 6.07) is 8.53. The first-order valence-corrected chi connectivity index (χ1v) is 8.20. The van der Waals surface area contributed by atoms with Crippen LogP contribution >= 0.6 is 0 Å². The molecule has 0 amide bonds. The molecule has 0 bridgehead atoms. The van der Waals surface area contributed by atoms with Crippen LogP contribution < -0.4 is 10.1 Å². The Kier molecular flexibility index (Phi) is 5.90. The van der Waals surface area contributed by atoms with Gasteiger partial charge in [0.2, 0.25) is 0 Å². The van der Waals surface area contributed by atoms with Crippen molar-refractivity contribution in [1.82, 2.24) is 5.32 Å². The van der Waals surface area contributed by atoms with E-state index in [1.807, 2.05) is 0 Å². The first kappa shape index (κ1) is 15.4. The predicted octanol–water partition coefficient (Wildman–Crippen LogP) is 4.54. The van der Waals surface area contributed by atoms with Crippen molar-refractivity contribution in [3.63, 3.8) is 0 Å². The van der Waals surface area contributed by atoms with Gasteiger partial charge in [0, 0.05) is 13.1 Å². The Labute approximate surface area is 123 Å². The van der Waals surface area contributed by atoms with Crippen molar-refractivity contribution < 1.29 is 4.74 Å². The van der Waals surface area contributed by atoms with Crippen molar-refractivity contribution in [3.8, 4) is 5.75 Å². The van der Waals surface area contributed by atoms with Crippen molar-refractivity contribution in [3.05, 3.63) is 29.8 Å². The van der Waals surface area contributed by atoms with Gasteiger partial charge in [-0.3, -0.25) is 0 Å². The second-order valence-electron chi connectivity index (χ2n) is 6.20. The lowest BCUT2D eigenvalue weighted by Gasteiger charge is -2.15. The molecule has 1 saturated carbocycles. The second-order valence-corrected chi connectivity index (χ2v) is 6.20. The van der Waals surface area contributed by atoms with Crippen LogP contribution in [-0.4, -0.2) is 13.2 Å². The van der Waals surface area contributed by atoms with Crippen molar-refractivity contribution in [2.75, 3.05) is 13.2 Å². The van der Waals surface area contributed by atoms with Crippen LogP contribution in [0, 0.1) is 5.41 Å². The van der Waals surface area contributed by atoms with Crippen molar-refractivity contribution in [2.24, 2.45) is 5.41 Å². The quantitative estimate of drug-likeness (QED) is 0.633. The SMILES string of the molecule is CCCCOc1ccc(CNCC2(CCC)CC2)cc1. The molecule has 2 rings (SSSR count). The zero-order chi connectivity index (χ0) is 14.3. The van der Waals surface area contributed by atoms with Gasteiger partial charge in [-0.1, -0.05) is 38.8 Å². The van der Waals surface area contributed by atoms with Crippen LogP contribution in [0.2, 0.25) is 0 Å². The molecule has 0 radical (unpaired) electrons. The smallest absolute Gasteiger partial charge is 0.119 e. The van der Waals surface area contributed by atoms with E-state index in [0.29, 0.717) is 5.41 Å². The largest absolute Gasteiger partial charge is 0.494 e. The Hall–Kier alpha value is -1.02. The molecular weight excluding hydrogens is 246 g/mol. The summed E-state index contributed by atoms with van der Waals surface area (Å²) in [5, 5.41) is 3.62. The highest BCUT2D eigenvalue weighted by molar-refractivity contribution is 5.27. The first-order valence-electron chi connectivity index (χ1n) is 8.20. The number of nitrogens with one attached hydrogen (secondary N) is 1. The third-order valence-electron chi connectivity index (χ3n) is 4.26. The number of rotatable bonds is 10. The monoisotopic (exact) mass is 275 g/mol. The zero-order valence-electron chi connectivity index (χ0n) is 13.1. The zero-order valence-corrected chi connectivity index (χ0v) is 13.1. The molecule has 2 heteroatoms. The minimum Gasteiger partial charge on any atom is -0.494 e. The highest BCUT2D eigenvalue weighted by Gasteiger charge is 2.40. The van der Waals surface area contributed by atoms with Crippen LogP contribution in [0.15, 0.2) is 24.3 Å². The van der Waals surface area contributed by atoms with Gasteiger partial charge in [0.15, 0.2) is 0 Å². The average Bonchev–Trinajstić information content (AvgIpc) is 3.21. The Morgan fingerprint density at radius 1 is 1.10 bits per heavy atom. The van der Waals surface area contributed by atoms with Gasteiger partial charge in [0.25, 0.3) is 0 Å². The maximum absolute atomic E-state index is 5.68. The summed E-state index contributed by atoms with van der Waals surface area (Å²) >= 11 is 0. The topological polar surface area (TPSA) is 21.3 Å². The van der Waals surface area contributed by atoms with Gasteiger partial charge < -0.3 is 10.1 Å². The van der Waals surface area contributed by atoms with Crippen LogP contribution in [-0.2, 0) is 6.54 Å². The lowest BCUT2D eigenvalue weighted by atomic mass is 10.0.